The molecule has 0 radical (unpaired) electrons. The molecule has 186 valence electrons. The van der Waals surface area contributed by atoms with Crippen LogP contribution in [0.15, 0.2) is 59.6 Å². The number of hydrogen-bond donors (Lipinski definition) is 1. The molecule has 1 unspecified atom stereocenters. The number of anilines is 2. The molecule has 1 atom stereocenters. The van der Waals surface area contributed by atoms with Crippen molar-refractivity contribution < 1.29 is 17.8 Å². The highest BCUT2D eigenvalue weighted by molar-refractivity contribution is 7.84. The standard InChI is InChI=1S/C27H26F2N4O2S/c1-18-23(20-9-7-19(16-30)8-10-20)17-31-25(33-13-4-11-27(28,29)12-14-33)24(18)26(34)32-21-5-3-6-22(15-21)36(2)35/h3,5-10,15,17H,4,11-14H2,1-2H3,(H,32,34). The van der Waals surface area contributed by atoms with Crippen LogP contribution in [0.3, 0.4) is 0 Å². The van der Waals surface area contributed by atoms with Gasteiger partial charge in [0.25, 0.3) is 5.91 Å². The van der Waals surface area contributed by atoms with Crippen molar-refractivity contribution in [2.24, 2.45) is 0 Å². The highest BCUT2D eigenvalue weighted by Gasteiger charge is 2.33. The van der Waals surface area contributed by atoms with Crippen LogP contribution in [0.1, 0.15) is 40.7 Å². The summed E-state index contributed by atoms with van der Waals surface area (Å²) in [7, 11) is -1.22. The lowest BCUT2D eigenvalue weighted by Crippen LogP contribution is -2.30. The number of hydrogen-bond acceptors (Lipinski definition) is 5. The number of pyridine rings is 1. The zero-order chi connectivity index (χ0) is 25.9. The van der Waals surface area contributed by atoms with E-state index in [4.69, 9.17) is 5.26 Å². The molecule has 0 aliphatic carbocycles. The highest BCUT2D eigenvalue weighted by Crippen LogP contribution is 2.34. The molecular weight excluding hydrogens is 482 g/mol. The minimum absolute atomic E-state index is 0.0836. The topological polar surface area (TPSA) is 86.1 Å². The quantitative estimate of drug-likeness (QED) is 0.489. The van der Waals surface area contributed by atoms with Crippen LogP contribution >= 0.6 is 0 Å². The van der Waals surface area contributed by atoms with Crippen molar-refractivity contribution in [3.8, 4) is 17.2 Å². The Morgan fingerprint density at radius 3 is 2.61 bits per heavy atom. The third kappa shape index (κ3) is 5.60. The molecule has 9 heteroatoms. The minimum Gasteiger partial charge on any atom is -0.356 e. The van der Waals surface area contributed by atoms with E-state index in [2.05, 4.69) is 16.4 Å². The first kappa shape index (κ1) is 25.5. The normalized spacial score (nSPS) is 16.0. The van der Waals surface area contributed by atoms with Crippen molar-refractivity contribution in [3.63, 3.8) is 0 Å². The van der Waals surface area contributed by atoms with Crippen molar-refractivity contribution in [1.82, 2.24) is 4.98 Å². The van der Waals surface area contributed by atoms with Gasteiger partial charge in [-0.25, -0.2) is 13.8 Å². The molecule has 1 aliphatic heterocycles. The van der Waals surface area contributed by atoms with Gasteiger partial charge >= 0.3 is 0 Å². The fourth-order valence-corrected chi connectivity index (χ4v) is 4.90. The molecule has 6 nitrogen and oxygen atoms in total. The van der Waals surface area contributed by atoms with Gasteiger partial charge < -0.3 is 10.2 Å². The maximum absolute atomic E-state index is 14.1. The number of carbonyl (C=O) groups excluding carboxylic acids is 1. The molecule has 1 aromatic heterocycles. The number of benzene rings is 2. The van der Waals surface area contributed by atoms with Gasteiger partial charge in [-0.3, -0.25) is 9.00 Å². The van der Waals surface area contributed by atoms with E-state index >= 15 is 0 Å². The molecule has 1 amide bonds. The number of rotatable bonds is 5. The lowest BCUT2D eigenvalue weighted by Gasteiger charge is -2.26. The molecular formula is C27H26F2N4O2S. The van der Waals surface area contributed by atoms with E-state index < -0.39 is 22.6 Å². The van der Waals surface area contributed by atoms with Gasteiger partial charge in [0.1, 0.15) is 5.82 Å². The molecule has 2 aromatic carbocycles. The molecule has 0 saturated carbocycles. The first-order chi connectivity index (χ1) is 17.2. The van der Waals surface area contributed by atoms with Crippen LogP contribution in [-0.4, -0.2) is 40.4 Å². The Bertz CT molecular complexity index is 1350. The van der Waals surface area contributed by atoms with Crippen molar-refractivity contribution in [3.05, 3.63) is 71.4 Å². The molecule has 2 heterocycles. The van der Waals surface area contributed by atoms with Gasteiger partial charge in [0.05, 0.1) is 17.2 Å². The average Bonchev–Trinajstić information content (AvgIpc) is 3.04. The van der Waals surface area contributed by atoms with Crippen LogP contribution in [0.4, 0.5) is 20.3 Å². The van der Waals surface area contributed by atoms with Gasteiger partial charge in [-0.1, -0.05) is 18.2 Å². The van der Waals surface area contributed by atoms with Crippen molar-refractivity contribution in [2.75, 3.05) is 29.6 Å². The Kier molecular flexibility index (Phi) is 7.45. The summed E-state index contributed by atoms with van der Waals surface area (Å²) < 4.78 is 40.0. The van der Waals surface area contributed by atoms with Crippen LogP contribution < -0.4 is 10.2 Å². The van der Waals surface area contributed by atoms with Gasteiger partial charge in [-0.05, 0) is 54.8 Å². The van der Waals surface area contributed by atoms with Crippen LogP contribution in [0.5, 0.6) is 0 Å². The maximum atomic E-state index is 14.1. The van der Waals surface area contributed by atoms with Crippen LogP contribution in [0.2, 0.25) is 0 Å². The summed E-state index contributed by atoms with van der Waals surface area (Å²) in [6.07, 6.45) is 2.98. The molecule has 1 saturated heterocycles. The van der Waals surface area contributed by atoms with Crippen molar-refractivity contribution >= 4 is 28.2 Å². The number of nitrogens with zero attached hydrogens (tertiary/aromatic N) is 3. The summed E-state index contributed by atoms with van der Waals surface area (Å²) in [5, 5.41) is 12.0. The maximum Gasteiger partial charge on any atom is 0.259 e. The fraction of sp³-hybridized carbons (Fsp3) is 0.296. The molecule has 1 fully saturated rings. The third-order valence-corrected chi connectivity index (χ3v) is 7.23. The van der Waals surface area contributed by atoms with Crippen LogP contribution in [0.25, 0.3) is 11.1 Å². The van der Waals surface area contributed by atoms with Crippen LogP contribution in [0, 0.1) is 18.3 Å². The number of halogens is 2. The number of alkyl halides is 2. The van der Waals surface area contributed by atoms with Gasteiger partial charge in [0.2, 0.25) is 5.92 Å². The predicted molar refractivity (Wildman–Crippen MR) is 137 cm³/mol. The van der Waals surface area contributed by atoms with E-state index in [9.17, 15) is 17.8 Å². The van der Waals surface area contributed by atoms with Gasteiger partial charge in [-0.15, -0.1) is 0 Å². The Balaban J connectivity index is 1.77. The molecule has 1 aliphatic rings. The lowest BCUT2D eigenvalue weighted by molar-refractivity contribution is -0.0102. The second-order valence-electron chi connectivity index (χ2n) is 8.82. The highest BCUT2D eigenvalue weighted by atomic mass is 32.2. The minimum atomic E-state index is -2.75. The summed E-state index contributed by atoms with van der Waals surface area (Å²) in [6, 6.07) is 15.8. The number of nitrogens with one attached hydrogen (secondary N) is 1. The van der Waals surface area contributed by atoms with Gasteiger partial charge in [0, 0.05) is 65.3 Å². The molecule has 0 bridgehead atoms. The van der Waals surface area contributed by atoms with E-state index in [-0.39, 0.29) is 25.8 Å². The summed E-state index contributed by atoms with van der Waals surface area (Å²) >= 11 is 0. The zero-order valence-corrected chi connectivity index (χ0v) is 20.9. The average molecular weight is 509 g/mol. The van der Waals surface area contributed by atoms with Crippen molar-refractivity contribution in [2.45, 2.75) is 37.0 Å². The van der Waals surface area contributed by atoms with E-state index in [1.165, 1.54) is 0 Å². The molecule has 3 aromatic rings. The predicted octanol–water partition coefficient (Wildman–Crippen LogP) is 5.54. The Labute approximate surface area is 211 Å². The lowest BCUT2D eigenvalue weighted by atomic mass is 9.97. The monoisotopic (exact) mass is 508 g/mol. The first-order valence-corrected chi connectivity index (χ1v) is 13.1. The van der Waals surface area contributed by atoms with Crippen molar-refractivity contribution in [1.29, 1.82) is 5.26 Å². The van der Waals surface area contributed by atoms with E-state index in [1.54, 1.807) is 72.8 Å². The van der Waals surface area contributed by atoms with E-state index in [1.807, 2.05) is 0 Å². The fourth-order valence-electron chi connectivity index (χ4n) is 4.34. The Morgan fingerprint density at radius 2 is 1.92 bits per heavy atom. The summed E-state index contributed by atoms with van der Waals surface area (Å²) in [5.41, 5.74) is 3.42. The first-order valence-electron chi connectivity index (χ1n) is 11.6. The molecule has 36 heavy (non-hydrogen) atoms. The number of nitriles is 1. The molecule has 4 rings (SSSR count). The number of amides is 1. The van der Waals surface area contributed by atoms with E-state index in [0.717, 1.165) is 5.56 Å². The number of aromatic nitrogens is 1. The molecule has 1 N–H and O–H groups in total. The Morgan fingerprint density at radius 1 is 1.17 bits per heavy atom. The van der Waals surface area contributed by atoms with Crippen LogP contribution in [-0.2, 0) is 10.8 Å². The Hall–Kier alpha value is -3.64. The van der Waals surface area contributed by atoms with E-state index in [0.29, 0.717) is 45.2 Å². The van der Waals surface area contributed by atoms with Gasteiger partial charge in [-0.2, -0.15) is 5.26 Å². The summed E-state index contributed by atoms with van der Waals surface area (Å²) in [4.78, 5) is 20.5. The summed E-state index contributed by atoms with van der Waals surface area (Å²) in [6.45, 7) is 2.25. The van der Waals surface area contributed by atoms with Gasteiger partial charge in [0.15, 0.2) is 0 Å². The smallest absolute Gasteiger partial charge is 0.259 e. The summed E-state index contributed by atoms with van der Waals surface area (Å²) in [5.74, 6) is -2.82. The SMILES string of the molecule is Cc1c(-c2ccc(C#N)cc2)cnc(N2CCCC(F)(F)CC2)c1C(=O)Nc1cccc(S(C)=O)c1. The zero-order valence-electron chi connectivity index (χ0n) is 20.1. The second-order valence-corrected chi connectivity index (χ2v) is 10.2. The largest absolute Gasteiger partial charge is 0.356 e. The molecule has 0 spiro atoms. The second kappa shape index (κ2) is 10.5. The third-order valence-electron chi connectivity index (χ3n) is 6.31. The number of carbonyl (C=O) groups is 1.